The van der Waals surface area contributed by atoms with Crippen molar-refractivity contribution in [2.24, 2.45) is 5.92 Å². The fourth-order valence-electron chi connectivity index (χ4n) is 2.84. The highest BCUT2D eigenvalue weighted by molar-refractivity contribution is 7.89. The molecule has 1 saturated heterocycles. The summed E-state index contributed by atoms with van der Waals surface area (Å²) in [4.78, 5) is 11.4. The summed E-state index contributed by atoms with van der Waals surface area (Å²) in [5.74, 6) is -0.979. The van der Waals surface area contributed by atoms with Gasteiger partial charge in [-0.3, -0.25) is 4.79 Å². The van der Waals surface area contributed by atoms with Crippen LogP contribution in [0.4, 0.5) is 0 Å². The topological polar surface area (TPSA) is 83.9 Å². The molecule has 1 aromatic rings. The van der Waals surface area contributed by atoms with Crippen molar-refractivity contribution in [3.05, 3.63) is 24.3 Å². The molecule has 1 aliphatic rings. The molecule has 6 nitrogen and oxygen atoms in total. The molecule has 0 amide bonds. The van der Waals surface area contributed by atoms with Crippen molar-refractivity contribution in [1.82, 2.24) is 4.31 Å². The van der Waals surface area contributed by atoms with E-state index in [9.17, 15) is 18.3 Å². The van der Waals surface area contributed by atoms with E-state index in [1.165, 1.54) is 16.4 Å². The van der Waals surface area contributed by atoms with Crippen LogP contribution in [0.15, 0.2) is 29.2 Å². The summed E-state index contributed by atoms with van der Waals surface area (Å²) in [5.41, 5.74) is 0. The number of sulfonamides is 1. The van der Waals surface area contributed by atoms with E-state index < -0.39 is 28.0 Å². The van der Waals surface area contributed by atoms with Crippen LogP contribution in [0.2, 0.25) is 0 Å². The molecule has 0 saturated carbocycles. The van der Waals surface area contributed by atoms with Crippen LogP contribution < -0.4 is 4.74 Å². The lowest BCUT2D eigenvalue weighted by molar-refractivity contribution is -0.144. The van der Waals surface area contributed by atoms with Crippen LogP contribution in [-0.4, -0.2) is 43.0 Å². The number of ether oxygens (including phenoxy) is 1. The molecule has 23 heavy (non-hydrogen) atoms. The van der Waals surface area contributed by atoms with Gasteiger partial charge in [-0.1, -0.05) is 6.92 Å². The van der Waals surface area contributed by atoms with Crippen molar-refractivity contribution in [2.45, 2.75) is 44.0 Å². The number of benzene rings is 1. The number of hydrogen-bond acceptors (Lipinski definition) is 4. The van der Waals surface area contributed by atoms with Gasteiger partial charge in [-0.15, -0.1) is 0 Å². The first-order chi connectivity index (χ1) is 10.9. The minimum absolute atomic E-state index is 0.166. The van der Waals surface area contributed by atoms with E-state index in [2.05, 4.69) is 0 Å². The molecule has 128 valence electrons. The molecular formula is C16H23NO5S. The number of carboxylic acids is 1. The highest BCUT2D eigenvalue weighted by Gasteiger charge is 2.39. The zero-order valence-electron chi connectivity index (χ0n) is 13.4. The molecule has 1 N–H and O–H groups in total. The number of rotatable bonds is 6. The molecule has 0 bridgehead atoms. The number of hydrogen-bond donors (Lipinski definition) is 1. The molecule has 2 atom stereocenters. The van der Waals surface area contributed by atoms with Gasteiger partial charge >= 0.3 is 5.97 Å². The Bertz CT molecular complexity index is 641. The minimum atomic E-state index is -3.70. The maximum absolute atomic E-state index is 12.8. The van der Waals surface area contributed by atoms with E-state index in [1.54, 1.807) is 19.1 Å². The van der Waals surface area contributed by atoms with Crippen LogP contribution in [0.3, 0.4) is 0 Å². The van der Waals surface area contributed by atoms with Gasteiger partial charge in [-0.05, 0) is 50.5 Å². The van der Waals surface area contributed by atoms with Crippen LogP contribution in [0, 0.1) is 5.92 Å². The Morgan fingerprint density at radius 3 is 2.57 bits per heavy atom. The molecule has 0 radical (unpaired) electrons. The second-order valence-corrected chi connectivity index (χ2v) is 7.65. The Morgan fingerprint density at radius 1 is 1.35 bits per heavy atom. The number of carbonyl (C=O) groups is 1. The first-order valence-corrected chi connectivity index (χ1v) is 9.29. The van der Waals surface area contributed by atoms with Gasteiger partial charge < -0.3 is 9.84 Å². The van der Waals surface area contributed by atoms with Crippen molar-refractivity contribution in [1.29, 1.82) is 0 Å². The van der Waals surface area contributed by atoms with E-state index in [1.807, 2.05) is 6.92 Å². The number of nitrogens with zero attached hydrogens (tertiary/aromatic N) is 1. The van der Waals surface area contributed by atoms with Crippen molar-refractivity contribution in [2.75, 3.05) is 13.2 Å². The van der Waals surface area contributed by atoms with Crippen molar-refractivity contribution in [3.63, 3.8) is 0 Å². The summed E-state index contributed by atoms with van der Waals surface area (Å²) in [6.07, 6.45) is 1.94. The lowest BCUT2D eigenvalue weighted by atomic mass is 9.92. The Hall–Kier alpha value is -1.60. The lowest BCUT2D eigenvalue weighted by Gasteiger charge is -2.36. The second-order valence-electron chi connectivity index (χ2n) is 5.76. The number of aliphatic carboxylic acids is 1. The van der Waals surface area contributed by atoms with Crippen LogP contribution in [0.1, 0.15) is 33.1 Å². The highest BCUT2D eigenvalue weighted by atomic mass is 32.2. The third kappa shape index (κ3) is 3.84. The maximum atomic E-state index is 12.8. The van der Waals surface area contributed by atoms with Gasteiger partial charge in [0.05, 0.1) is 17.4 Å². The normalized spacial score (nSPS) is 22.7. The molecule has 0 aliphatic carbocycles. The molecule has 7 heteroatoms. The smallest absolute Gasteiger partial charge is 0.308 e. The number of piperidine rings is 1. The van der Waals surface area contributed by atoms with E-state index in [4.69, 9.17) is 4.74 Å². The van der Waals surface area contributed by atoms with Crippen molar-refractivity contribution >= 4 is 16.0 Å². The lowest BCUT2D eigenvalue weighted by Crippen LogP contribution is -2.48. The third-order valence-electron chi connectivity index (χ3n) is 4.15. The summed E-state index contributed by atoms with van der Waals surface area (Å²) in [7, 11) is -3.70. The summed E-state index contributed by atoms with van der Waals surface area (Å²) in [5, 5.41) is 9.24. The molecule has 1 heterocycles. The molecule has 1 fully saturated rings. The Kier molecular flexibility index (Phi) is 5.64. The zero-order chi connectivity index (χ0) is 17.0. The summed E-state index contributed by atoms with van der Waals surface area (Å²) >= 11 is 0. The molecular weight excluding hydrogens is 318 g/mol. The van der Waals surface area contributed by atoms with E-state index >= 15 is 0 Å². The van der Waals surface area contributed by atoms with Crippen molar-refractivity contribution < 1.29 is 23.1 Å². The predicted octanol–water partition coefficient (Wildman–Crippen LogP) is 2.35. The van der Waals surface area contributed by atoms with Gasteiger partial charge in [-0.25, -0.2) is 8.42 Å². The first-order valence-electron chi connectivity index (χ1n) is 7.85. The molecule has 2 rings (SSSR count). The molecule has 1 aliphatic heterocycles. The van der Waals surface area contributed by atoms with E-state index in [0.29, 0.717) is 31.7 Å². The van der Waals surface area contributed by atoms with Gasteiger partial charge in [0.15, 0.2) is 0 Å². The van der Waals surface area contributed by atoms with Crippen LogP contribution >= 0.6 is 0 Å². The SMILES string of the molecule is CCCOc1ccc(S(=O)(=O)N2CCC[C@H](C(=O)O)[C@@H]2C)cc1. The second kappa shape index (κ2) is 7.31. The first kappa shape index (κ1) is 17.7. The molecule has 0 spiro atoms. The van der Waals surface area contributed by atoms with E-state index in [0.717, 1.165) is 6.42 Å². The van der Waals surface area contributed by atoms with Gasteiger partial charge in [0.2, 0.25) is 10.0 Å². The minimum Gasteiger partial charge on any atom is -0.494 e. The average Bonchev–Trinajstić information content (AvgIpc) is 2.53. The zero-order valence-corrected chi connectivity index (χ0v) is 14.3. The Labute approximate surface area is 137 Å². The predicted molar refractivity (Wildman–Crippen MR) is 85.9 cm³/mol. The van der Waals surface area contributed by atoms with Crippen LogP contribution in [-0.2, 0) is 14.8 Å². The van der Waals surface area contributed by atoms with Crippen LogP contribution in [0.25, 0.3) is 0 Å². The summed E-state index contributed by atoms with van der Waals surface area (Å²) < 4.78 is 32.3. The number of carboxylic acid groups (broad SMARTS) is 1. The van der Waals surface area contributed by atoms with Gasteiger partial charge in [-0.2, -0.15) is 4.31 Å². The average molecular weight is 341 g/mol. The quantitative estimate of drug-likeness (QED) is 0.858. The highest BCUT2D eigenvalue weighted by Crippen LogP contribution is 2.30. The third-order valence-corrected chi connectivity index (χ3v) is 6.15. The Morgan fingerprint density at radius 2 is 2.00 bits per heavy atom. The standard InChI is InChI=1S/C16H23NO5S/c1-3-11-22-13-6-8-14(9-7-13)23(20,21)17-10-4-5-15(12(17)2)16(18)19/h6-9,12,15H,3-5,10-11H2,1-2H3,(H,18,19)/t12-,15-/m0/s1. The fraction of sp³-hybridized carbons (Fsp3) is 0.562. The van der Waals surface area contributed by atoms with Gasteiger partial charge in [0.25, 0.3) is 0 Å². The van der Waals surface area contributed by atoms with Crippen LogP contribution in [0.5, 0.6) is 5.75 Å². The van der Waals surface area contributed by atoms with Crippen molar-refractivity contribution in [3.8, 4) is 5.75 Å². The maximum Gasteiger partial charge on any atom is 0.308 e. The monoisotopic (exact) mass is 341 g/mol. The van der Waals surface area contributed by atoms with E-state index in [-0.39, 0.29) is 4.90 Å². The Balaban J connectivity index is 2.21. The molecule has 1 aromatic carbocycles. The molecule has 0 unspecified atom stereocenters. The van der Waals surface area contributed by atoms with Gasteiger partial charge in [0, 0.05) is 12.6 Å². The largest absolute Gasteiger partial charge is 0.494 e. The van der Waals surface area contributed by atoms with Gasteiger partial charge in [0.1, 0.15) is 5.75 Å². The summed E-state index contributed by atoms with van der Waals surface area (Å²) in [6, 6.07) is 5.73. The fourth-order valence-corrected chi connectivity index (χ4v) is 4.55. The summed E-state index contributed by atoms with van der Waals surface area (Å²) in [6.45, 7) is 4.58. The molecule has 0 aromatic heterocycles.